The molecule has 4 heterocycles. The molecule has 6 heteroatoms. The van der Waals surface area contributed by atoms with E-state index in [1.54, 1.807) is 13.1 Å². The molecular weight excluding hydrogens is 322 g/mol. The summed E-state index contributed by atoms with van der Waals surface area (Å²) >= 11 is 1.85. The molecule has 0 bridgehead atoms. The Balaban J connectivity index is 1.53. The van der Waals surface area contributed by atoms with Crippen molar-refractivity contribution in [3.05, 3.63) is 39.3 Å². The van der Waals surface area contributed by atoms with E-state index < -0.39 is 0 Å². The predicted octanol–water partition coefficient (Wildman–Crippen LogP) is 3.12. The van der Waals surface area contributed by atoms with Gasteiger partial charge in [-0.25, -0.2) is 9.97 Å². The molecule has 0 amide bonds. The first-order chi connectivity index (χ1) is 11.6. The molecule has 2 aliphatic rings. The van der Waals surface area contributed by atoms with E-state index in [0.717, 1.165) is 44.7 Å². The number of Topliss-reactive ketones (excluding diaryl/α,β-unsaturated/α-hetero) is 1. The van der Waals surface area contributed by atoms with Gasteiger partial charge in [0.1, 0.15) is 0 Å². The van der Waals surface area contributed by atoms with Crippen molar-refractivity contribution in [2.24, 2.45) is 0 Å². The number of ketones is 1. The fourth-order valence-corrected chi connectivity index (χ4v) is 4.74. The third kappa shape index (κ3) is 2.54. The van der Waals surface area contributed by atoms with E-state index >= 15 is 0 Å². The summed E-state index contributed by atoms with van der Waals surface area (Å²) < 4.78 is 6.24. The highest BCUT2D eigenvalue weighted by molar-refractivity contribution is 7.10. The monoisotopic (exact) mass is 343 g/mol. The zero-order valence-corrected chi connectivity index (χ0v) is 14.9. The Labute approximate surface area is 145 Å². The predicted molar refractivity (Wildman–Crippen MR) is 93.9 cm³/mol. The number of nitrogens with zero attached hydrogens (tertiary/aromatic N) is 3. The van der Waals surface area contributed by atoms with Gasteiger partial charge >= 0.3 is 0 Å². The van der Waals surface area contributed by atoms with E-state index in [4.69, 9.17) is 4.74 Å². The Morgan fingerprint density at radius 3 is 2.88 bits per heavy atom. The van der Waals surface area contributed by atoms with Gasteiger partial charge in [-0.1, -0.05) is 0 Å². The summed E-state index contributed by atoms with van der Waals surface area (Å²) in [6.45, 7) is 5.98. The molecular formula is C18H21N3O2S. The number of carbonyl (C=O) groups excluding carboxylic acids is 1. The Bertz CT molecular complexity index is 778. The smallest absolute Gasteiger partial charge is 0.225 e. The normalized spacial score (nSPS) is 19.3. The van der Waals surface area contributed by atoms with Crippen LogP contribution in [0.15, 0.2) is 17.6 Å². The van der Waals surface area contributed by atoms with Gasteiger partial charge in [0.2, 0.25) is 5.95 Å². The Kier molecular flexibility index (Phi) is 3.89. The van der Waals surface area contributed by atoms with Crippen molar-refractivity contribution in [1.82, 2.24) is 9.97 Å². The van der Waals surface area contributed by atoms with Crippen molar-refractivity contribution in [3.63, 3.8) is 0 Å². The van der Waals surface area contributed by atoms with Crippen LogP contribution in [0.4, 0.5) is 5.95 Å². The van der Waals surface area contributed by atoms with Gasteiger partial charge < -0.3 is 9.64 Å². The summed E-state index contributed by atoms with van der Waals surface area (Å²) in [5.74, 6) is 0.728. The van der Waals surface area contributed by atoms with Crippen molar-refractivity contribution in [2.75, 3.05) is 24.6 Å². The molecule has 0 aliphatic carbocycles. The van der Waals surface area contributed by atoms with Crippen LogP contribution in [-0.4, -0.2) is 35.4 Å². The highest BCUT2D eigenvalue weighted by Gasteiger charge is 2.41. The second kappa shape index (κ2) is 5.93. The number of aromatic nitrogens is 2. The number of carbonyl (C=O) groups is 1. The van der Waals surface area contributed by atoms with Crippen molar-refractivity contribution in [1.29, 1.82) is 0 Å². The lowest BCUT2D eigenvalue weighted by Crippen LogP contribution is -2.46. The van der Waals surface area contributed by atoms with Crippen molar-refractivity contribution in [3.8, 4) is 0 Å². The summed E-state index contributed by atoms with van der Waals surface area (Å²) in [5, 5.41) is 2.18. The van der Waals surface area contributed by atoms with E-state index in [1.165, 1.54) is 10.4 Å². The zero-order valence-electron chi connectivity index (χ0n) is 14.0. The third-order valence-corrected chi connectivity index (χ3v) is 6.12. The average molecular weight is 343 g/mol. The van der Waals surface area contributed by atoms with Crippen molar-refractivity contribution in [2.45, 2.75) is 38.7 Å². The molecule has 2 aromatic heterocycles. The Morgan fingerprint density at radius 1 is 1.38 bits per heavy atom. The van der Waals surface area contributed by atoms with Crippen molar-refractivity contribution < 1.29 is 9.53 Å². The Hall–Kier alpha value is -1.79. The van der Waals surface area contributed by atoms with Gasteiger partial charge in [-0.05, 0) is 43.7 Å². The number of piperidine rings is 1. The number of hydrogen-bond acceptors (Lipinski definition) is 6. The number of thiophene rings is 1. The quantitative estimate of drug-likeness (QED) is 0.784. The zero-order chi connectivity index (χ0) is 16.7. The van der Waals surface area contributed by atoms with E-state index in [-0.39, 0.29) is 11.4 Å². The molecule has 24 heavy (non-hydrogen) atoms. The molecule has 0 saturated carbocycles. The lowest BCUT2D eigenvalue weighted by molar-refractivity contribution is -0.0757. The summed E-state index contributed by atoms with van der Waals surface area (Å²) in [5.41, 5.74) is 2.62. The minimum absolute atomic E-state index is 0.0113. The van der Waals surface area contributed by atoms with Crippen LogP contribution < -0.4 is 4.90 Å². The minimum atomic E-state index is -0.127. The molecule has 0 radical (unpaired) electrons. The average Bonchev–Trinajstić information content (AvgIpc) is 3.05. The maximum absolute atomic E-state index is 11.5. The number of ether oxygens (including phenoxy) is 1. The standard InChI is InChI=1S/C18H21N3O2S/c1-12-14(13(2)22)11-19-17(20-12)21-7-5-18(6-8-21)15-4-10-24-16(15)3-9-23-18/h4,10-11H,3,5-9H2,1-2H3. The summed E-state index contributed by atoms with van der Waals surface area (Å²) in [4.78, 5) is 24.2. The van der Waals surface area contributed by atoms with Gasteiger partial charge in [0, 0.05) is 30.6 Å². The number of rotatable bonds is 2. The largest absolute Gasteiger partial charge is 0.370 e. The molecule has 0 atom stereocenters. The van der Waals surface area contributed by atoms with E-state index in [1.807, 2.05) is 18.3 Å². The second-order valence-corrected chi connectivity index (χ2v) is 7.56. The molecule has 0 unspecified atom stereocenters. The summed E-state index contributed by atoms with van der Waals surface area (Å²) in [7, 11) is 0. The molecule has 1 fully saturated rings. The topological polar surface area (TPSA) is 55.3 Å². The number of fused-ring (bicyclic) bond motifs is 2. The SMILES string of the molecule is CC(=O)c1cnc(N2CCC3(CC2)OCCc2sccc23)nc1C. The fraction of sp³-hybridized carbons (Fsp3) is 0.500. The van der Waals surface area contributed by atoms with E-state index in [2.05, 4.69) is 26.3 Å². The molecule has 1 saturated heterocycles. The Morgan fingerprint density at radius 2 is 2.17 bits per heavy atom. The van der Waals surface area contributed by atoms with Crippen LogP contribution in [0.3, 0.4) is 0 Å². The number of aryl methyl sites for hydroxylation is 1. The number of anilines is 1. The first-order valence-corrected chi connectivity index (χ1v) is 9.27. The van der Waals surface area contributed by atoms with Gasteiger partial charge in [0.25, 0.3) is 0 Å². The summed E-state index contributed by atoms with van der Waals surface area (Å²) in [6.07, 6.45) is 4.59. The lowest BCUT2D eigenvalue weighted by Gasteiger charge is -2.44. The molecule has 2 aliphatic heterocycles. The van der Waals surface area contributed by atoms with Gasteiger partial charge in [0.15, 0.2) is 5.78 Å². The molecule has 5 nitrogen and oxygen atoms in total. The van der Waals surface area contributed by atoms with Crippen LogP contribution in [-0.2, 0) is 16.8 Å². The van der Waals surface area contributed by atoms with E-state index in [0.29, 0.717) is 11.5 Å². The van der Waals surface area contributed by atoms with Crippen LogP contribution >= 0.6 is 11.3 Å². The highest BCUT2D eigenvalue weighted by Crippen LogP contribution is 2.43. The van der Waals surface area contributed by atoms with Crippen LogP contribution in [0.2, 0.25) is 0 Å². The number of hydrogen-bond donors (Lipinski definition) is 0. The van der Waals surface area contributed by atoms with Gasteiger partial charge in [-0.2, -0.15) is 0 Å². The van der Waals surface area contributed by atoms with Crippen molar-refractivity contribution >= 4 is 23.1 Å². The van der Waals surface area contributed by atoms with E-state index in [9.17, 15) is 4.79 Å². The lowest BCUT2D eigenvalue weighted by atomic mass is 9.82. The molecule has 126 valence electrons. The molecule has 0 aromatic carbocycles. The van der Waals surface area contributed by atoms with Crippen LogP contribution in [0.5, 0.6) is 0 Å². The first kappa shape index (κ1) is 15.7. The first-order valence-electron chi connectivity index (χ1n) is 8.39. The second-order valence-electron chi connectivity index (χ2n) is 6.56. The maximum atomic E-state index is 11.5. The van der Waals surface area contributed by atoms with Gasteiger partial charge in [-0.3, -0.25) is 4.79 Å². The van der Waals surface area contributed by atoms with Crippen LogP contribution in [0.1, 0.15) is 46.3 Å². The van der Waals surface area contributed by atoms with Gasteiger partial charge in [0.05, 0.1) is 23.5 Å². The van der Waals surface area contributed by atoms with Crippen LogP contribution in [0.25, 0.3) is 0 Å². The molecule has 4 rings (SSSR count). The molecule has 1 spiro atoms. The van der Waals surface area contributed by atoms with Crippen LogP contribution in [0, 0.1) is 6.92 Å². The third-order valence-electron chi connectivity index (χ3n) is 5.14. The molecule has 2 aromatic rings. The van der Waals surface area contributed by atoms with Gasteiger partial charge in [-0.15, -0.1) is 11.3 Å². The molecule has 0 N–H and O–H groups in total. The fourth-order valence-electron chi connectivity index (χ4n) is 3.79. The maximum Gasteiger partial charge on any atom is 0.225 e. The highest BCUT2D eigenvalue weighted by atomic mass is 32.1. The summed E-state index contributed by atoms with van der Waals surface area (Å²) in [6, 6.07) is 2.23. The minimum Gasteiger partial charge on any atom is -0.370 e.